The van der Waals surface area contributed by atoms with Crippen LogP contribution >= 0.6 is 12.2 Å². The number of thiocarbonyl (C=S) groups is 1. The van der Waals surface area contributed by atoms with E-state index in [9.17, 15) is 5.11 Å². The first kappa shape index (κ1) is 9.85. The van der Waals surface area contributed by atoms with Crippen LogP contribution in [-0.4, -0.2) is 12.3 Å². The topological polar surface area (TPSA) is 32.3 Å². The zero-order valence-electron chi connectivity index (χ0n) is 3.72. The molecule has 4 heteroatoms. The van der Waals surface area contributed by atoms with Crippen LogP contribution < -0.4 is 34.7 Å². The summed E-state index contributed by atoms with van der Waals surface area (Å²) in [6.07, 6.45) is 0. The molecule has 0 aliphatic carbocycles. The third-order valence-electron chi connectivity index (χ3n) is 0.167. The molecular formula is C2H3NaO2S. The first-order valence-electron chi connectivity index (χ1n) is 1.02. The third kappa shape index (κ3) is 8.83. The van der Waals surface area contributed by atoms with Gasteiger partial charge >= 0.3 is 29.6 Å². The van der Waals surface area contributed by atoms with Crippen LogP contribution in [0.15, 0.2) is 0 Å². The zero-order chi connectivity index (χ0) is 4.28. The molecule has 0 fully saturated rings. The summed E-state index contributed by atoms with van der Waals surface area (Å²) in [6, 6.07) is 0. The van der Waals surface area contributed by atoms with Gasteiger partial charge in [0.1, 0.15) is 5.24 Å². The van der Waals surface area contributed by atoms with E-state index in [1.54, 1.807) is 0 Å². The van der Waals surface area contributed by atoms with Gasteiger partial charge in [0.25, 0.3) is 0 Å². The van der Waals surface area contributed by atoms with Crippen molar-refractivity contribution in [2.75, 3.05) is 7.11 Å². The van der Waals surface area contributed by atoms with Gasteiger partial charge in [0.2, 0.25) is 0 Å². The molecule has 0 heterocycles. The van der Waals surface area contributed by atoms with Crippen molar-refractivity contribution in [2.45, 2.75) is 0 Å². The molecule has 0 saturated heterocycles. The molecule has 0 aliphatic heterocycles. The van der Waals surface area contributed by atoms with E-state index in [-0.39, 0.29) is 29.6 Å². The predicted octanol–water partition coefficient (Wildman–Crippen LogP) is -3.72. The fourth-order valence-electron chi connectivity index (χ4n) is 0. The van der Waals surface area contributed by atoms with Gasteiger partial charge in [0.05, 0.1) is 0 Å². The fraction of sp³-hybridized carbons (Fsp3) is 0.500. The molecule has 6 heavy (non-hydrogen) atoms. The van der Waals surface area contributed by atoms with Crippen molar-refractivity contribution in [2.24, 2.45) is 0 Å². The molecule has 0 aromatic rings. The van der Waals surface area contributed by atoms with Crippen molar-refractivity contribution in [3.05, 3.63) is 0 Å². The summed E-state index contributed by atoms with van der Waals surface area (Å²) in [5.41, 5.74) is 0. The number of rotatable bonds is 0. The van der Waals surface area contributed by atoms with Crippen molar-refractivity contribution in [1.29, 1.82) is 0 Å². The second-order valence-electron chi connectivity index (χ2n) is 0.454. The summed E-state index contributed by atoms with van der Waals surface area (Å²) in [4.78, 5) is 0. The molecule has 0 aromatic heterocycles. The quantitative estimate of drug-likeness (QED) is 0.240. The Hall–Kier alpha value is 0.690. The molecule has 0 N–H and O–H groups in total. The van der Waals surface area contributed by atoms with E-state index in [4.69, 9.17) is 0 Å². The molecule has 0 amide bonds. The number of hydrogen-bond donors (Lipinski definition) is 0. The van der Waals surface area contributed by atoms with Crippen molar-refractivity contribution < 1.29 is 39.4 Å². The number of methoxy groups -OCH3 is 1. The molecule has 0 radical (unpaired) electrons. The molecule has 0 saturated carbocycles. The Balaban J connectivity index is 0. The van der Waals surface area contributed by atoms with Gasteiger partial charge in [-0.25, -0.2) is 0 Å². The molecule has 0 spiro atoms. The van der Waals surface area contributed by atoms with Crippen molar-refractivity contribution >= 4 is 17.5 Å². The molecule has 0 atom stereocenters. The second-order valence-corrected chi connectivity index (χ2v) is 0.787. The average Bonchev–Trinajstić information content (AvgIpc) is 1.38. The Morgan fingerprint density at radius 3 is 2.00 bits per heavy atom. The summed E-state index contributed by atoms with van der Waals surface area (Å²) in [7, 11) is 1.25. The molecule has 0 unspecified atom stereocenters. The molecule has 0 rings (SSSR count). The molecule has 0 aliphatic rings. The maximum atomic E-state index is 9.41. The summed E-state index contributed by atoms with van der Waals surface area (Å²) in [5, 5.41) is 8.74. The Morgan fingerprint density at radius 1 is 1.83 bits per heavy atom. The normalized spacial score (nSPS) is 5.50. The Morgan fingerprint density at radius 2 is 2.00 bits per heavy atom. The van der Waals surface area contributed by atoms with Crippen molar-refractivity contribution in [3.8, 4) is 0 Å². The second kappa shape index (κ2) is 5.69. The van der Waals surface area contributed by atoms with Gasteiger partial charge in [0, 0.05) is 0 Å². The largest absolute Gasteiger partial charge is 1.00 e. The third-order valence-corrected chi connectivity index (χ3v) is 0.333. The van der Waals surface area contributed by atoms with Crippen LogP contribution in [0.4, 0.5) is 0 Å². The molecule has 30 valence electrons. The van der Waals surface area contributed by atoms with Gasteiger partial charge in [-0.15, -0.1) is 0 Å². The van der Waals surface area contributed by atoms with Crippen LogP contribution in [0.3, 0.4) is 0 Å². The van der Waals surface area contributed by atoms with E-state index >= 15 is 0 Å². The first-order valence-corrected chi connectivity index (χ1v) is 1.43. The van der Waals surface area contributed by atoms with Crippen molar-refractivity contribution in [3.63, 3.8) is 0 Å². The smallest absolute Gasteiger partial charge is 0.609 e. The first-order chi connectivity index (χ1) is 2.27. The zero-order valence-corrected chi connectivity index (χ0v) is 6.54. The van der Waals surface area contributed by atoms with E-state index in [0.29, 0.717) is 0 Å². The van der Waals surface area contributed by atoms with E-state index in [1.165, 1.54) is 7.11 Å². The summed E-state index contributed by atoms with van der Waals surface area (Å²) < 4.78 is 3.93. The van der Waals surface area contributed by atoms with Crippen LogP contribution in [0.2, 0.25) is 0 Å². The minimum Gasteiger partial charge on any atom is -0.609 e. The molecule has 2 nitrogen and oxygen atoms in total. The molecular weight excluding hydrogens is 111 g/mol. The van der Waals surface area contributed by atoms with E-state index < -0.39 is 5.24 Å². The van der Waals surface area contributed by atoms with Gasteiger partial charge < -0.3 is 9.84 Å². The van der Waals surface area contributed by atoms with Crippen LogP contribution in [0.1, 0.15) is 0 Å². The van der Waals surface area contributed by atoms with Crippen molar-refractivity contribution in [1.82, 2.24) is 0 Å². The van der Waals surface area contributed by atoms with Gasteiger partial charge in [-0.1, -0.05) is 12.2 Å². The van der Waals surface area contributed by atoms with Crippen LogP contribution in [0, 0.1) is 0 Å². The van der Waals surface area contributed by atoms with E-state index in [1.807, 2.05) is 0 Å². The maximum absolute atomic E-state index is 9.41. The van der Waals surface area contributed by atoms with E-state index in [2.05, 4.69) is 17.0 Å². The number of hydrogen-bond acceptors (Lipinski definition) is 3. The number of ether oxygens (including phenoxy) is 1. The Kier molecular flexibility index (Phi) is 9.34. The standard InChI is InChI=1S/C2H4O2S.Na/c1-4-2(3)5;/h1H3,(H,3,5);/q;+1/p-1. The average molecular weight is 114 g/mol. The SMILES string of the molecule is COC([O-])=S.[Na+]. The minimum absolute atomic E-state index is 0. The van der Waals surface area contributed by atoms with Crippen LogP contribution in [0.5, 0.6) is 0 Å². The van der Waals surface area contributed by atoms with Gasteiger partial charge in [-0.2, -0.15) is 0 Å². The molecule has 0 aromatic carbocycles. The van der Waals surface area contributed by atoms with Gasteiger partial charge in [0.15, 0.2) is 0 Å². The minimum atomic E-state index is -0.662. The molecule has 0 bridgehead atoms. The summed E-state index contributed by atoms with van der Waals surface area (Å²) in [6.45, 7) is 0. The Labute approximate surface area is 63.8 Å². The van der Waals surface area contributed by atoms with E-state index in [0.717, 1.165) is 0 Å². The summed E-state index contributed by atoms with van der Waals surface area (Å²) >= 11 is 3.92. The van der Waals surface area contributed by atoms with Crippen LogP contribution in [0.25, 0.3) is 0 Å². The van der Waals surface area contributed by atoms with Gasteiger partial charge in [-0.05, 0) is 7.11 Å². The summed E-state index contributed by atoms with van der Waals surface area (Å²) in [5.74, 6) is 0. The van der Waals surface area contributed by atoms with Gasteiger partial charge in [-0.3, -0.25) is 0 Å². The fourth-order valence-corrected chi connectivity index (χ4v) is 0. The Bertz CT molecular complexity index is 46.8. The predicted molar refractivity (Wildman–Crippen MR) is 19.6 cm³/mol. The van der Waals surface area contributed by atoms with Crippen LogP contribution in [-0.2, 0) is 4.74 Å². The maximum Gasteiger partial charge on any atom is 1.00 e. The monoisotopic (exact) mass is 114 g/mol.